The average molecular weight is 421 g/mol. The predicted molar refractivity (Wildman–Crippen MR) is 103 cm³/mol. The molecule has 0 radical (unpaired) electrons. The zero-order valence-electron chi connectivity index (χ0n) is 16.1. The number of benzene rings is 2. The summed E-state index contributed by atoms with van der Waals surface area (Å²) < 4.78 is 56.3. The first-order valence-corrected chi connectivity index (χ1v) is 10.1. The lowest BCUT2D eigenvalue weighted by Crippen LogP contribution is -2.29. The van der Waals surface area contributed by atoms with Gasteiger partial charge >= 0.3 is 0 Å². The zero-order valence-corrected chi connectivity index (χ0v) is 16.9. The van der Waals surface area contributed by atoms with Crippen LogP contribution in [0, 0.1) is 5.82 Å². The van der Waals surface area contributed by atoms with Crippen molar-refractivity contribution in [2.45, 2.75) is 11.3 Å². The molecule has 154 valence electrons. The minimum absolute atomic E-state index is 0.0120. The summed E-state index contributed by atoms with van der Waals surface area (Å²) in [6.07, 6.45) is 0.181. The van der Waals surface area contributed by atoms with Crippen LogP contribution in [0.2, 0.25) is 0 Å². The third-order valence-corrected chi connectivity index (χ3v) is 6.16. The Kier molecular flexibility index (Phi) is 6.14. The number of likely N-dealkylation sites (N-methyl/N-ethyl adjacent to an activating group) is 1. The molecular weight excluding hydrogens is 401 g/mol. The third kappa shape index (κ3) is 4.38. The van der Waals surface area contributed by atoms with Crippen LogP contribution in [0.4, 0.5) is 4.39 Å². The molecule has 0 saturated carbocycles. The first-order valence-electron chi connectivity index (χ1n) is 8.62. The molecule has 10 heteroatoms. The Hall–Kier alpha value is -2.98. The van der Waals surface area contributed by atoms with Crippen LogP contribution in [0.15, 0.2) is 51.9 Å². The van der Waals surface area contributed by atoms with E-state index in [4.69, 9.17) is 14.0 Å². The lowest BCUT2D eigenvalue weighted by atomic mass is 10.2. The largest absolute Gasteiger partial charge is 0.497 e. The van der Waals surface area contributed by atoms with Gasteiger partial charge in [-0.2, -0.15) is 4.98 Å². The second-order valence-corrected chi connectivity index (χ2v) is 8.10. The highest BCUT2D eigenvalue weighted by molar-refractivity contribution is 7.89. The Morgan fingerprint density at radius 2 is 1.90 bits per heavy atom. The van der Waals surface area contributed by atoms with E-state index in [9.17, 15) is 12.8 Å². The molecule has 8 nitrogen and oxygen atoms in total. The topological polar surface area (TPSA) is 94.8 Å². The van der Waals surface area contributed by atoms with E-state index < -0.39 is 15.8 Å². The van der Waals surface area contributed by atoms with E-state index >= 15 is 0 Å². The second kappa shape index (κ2) is 8.58. The molecule has 2 aromatic carbocycles. The number of hydrogen-bond donors (Lipinski definition) is 0. The first kappa shape index (κ1) is 20.7. The van der Waals surface area contributed by atoms with Gasteiger partial charge in [0.2, 0.25) is 10.0 Å². The summed E-state index contributed by atoms with van der Waals surface area (Å²) >= 11 is 0. The Labute approximate surface area is 167 Å². The van der Waals surface area contributed by atoms with E-state index in [1.165, 1.54) is 45.5 Å². The Morgan fingerprint density at radius 1 is 1.14 bits per heavy atom. The van der Waals surface area contributed by atoms with Gasteiger partial charge in [-0.25, -0.2) is 17.1 Å². The van der Waals surface area contributed by atoms with Crippen LogP contribution >= 0.6 is 0 Å². The monoisotopic (exact) mass is 421 g/mol. The molecule has 1 aromatic heterocycles. The standard InChI is InChI=1S/C19H20FN3O5S/c1-23(29(24,25)17-12-13(26-2)8-9-16(17)27-3)11-10-18-21-19(28-22-18)14-6-4-5-7-15(14)20/h4-9,12H,10-11H2,1-3H3. The van der Waals surface area contributed by atoms with E-state index in [-0.39, 0.29) is 40.9 Å². The maximum absolute atomic E-state index is 13.8. The normalized spacial score (nSPS) is 11.6. The summed E-state index contributed by atoms with van der Waals surface area (Å²) in [5.41, 5.74) is 0.188. The summed E-state index contributed by atoms with van der Waals surface area (Å²) in [4.78, 5) is 4.13. The number of rotatable bonds is 8. The Balaban J connectivity index is 1.76. The number of aromatic nitrogens is 2. The second-order valence-electron chi connectivity index (χ2n) is 6.09. The van der Waals surface area contributed by atoms with Crippen molar-refractivity contribution in [2.24, 2.45) is 0 Å². The minimum Gasteiger partial charge on any atom is -0.497 e. The van der Waals surface area contributed by atoms with Crippen LogP contribution in [-0.4, -0.2) is 50.7 Å². The highest BCUT2D eigenvalue weighted by Gasteiger charge is 2.26. The van der Waals surface area contributed by atoms with Crippen LogP contribution in [0.5, 0.6) is 11.5 Å². The van der Waals surface area contributed by atoms with E-state index in [2.05, 4.69) is 10.1 Å². The number of sulfonamides is 1. The molecule has 3 aromatic rings. The molecule has 0 aliphatic rings. The molecule has 3 rings (SSSR count). The van der Waals surface area contributed by atoms with Crippen molar-refractivity contribution < 1.29 is 26.8 Å². The maximum Gasteiger partial charge on any atom is 0.260 e. The van der Waals surface area contributed by atoms with Gasteiger partial charge in [-0.3, -0.25) is 0 Å². The molecule has 0 aliphatic heterocycles. The van der Waals surface area contributed by atoms with E-state index in [1.807, 2.05) is 0 Å². The van der Waals surface area contributed by atoms with Crippen LogP contribution in [0.25, 0.3) is 11.5 Å². The molecule has 0 saturated heterocycles. The SMILES string of the molecule is COc1ccc(OC)c(S(=O)(=O)N(C)CCc2noc(-c3ccccc3F)n2)c1. The highest BCUT2D eigenvalue weighted by Crippen LogP contribution is 2.30. The third-order valence-electron chi connectivity index (χ3n) is 4.28. The number of methoxy groups -OCH3 is 2. The van der Waals surface area contributed by atoms with Gasteiger partial charge < -0.3 is 14.0 Å². The van der Waals surface area contributed by atoms with Gasteiger partial charge in [0.25, 0.3) is 5.89 Å². The quantitative estimate of drug-likeness (QED) is 0.552. The number of nitrogens with zero attached hydrogens (tertiary/aromatic N) is 3. The minimum atomic E-state index is -3.85. The smallest absolute Gasteiger partial charge is 0.260 e. The lowest BCUT2D eigenvalue weighted by Gasteiger charge is -2.18. The summed E-state index contributed by atoms with van der Waals surface area (Å²) in [6, 6.07) is 10.6. The van der Waals surface area contributed by atoms with Crippen LogP contribution in [-0.2, 0) is 16.4 Å². The number of hydrogen-bond acceptors (Lipinski definition) is 7. The van der Waals surface area contributed by atoms with Crippen molar-refractivity contribution >= 4 is 10.0 Å². The Morgan fingerprint density at radius 3 is 2.59 bits per heavy atom. The van der Waals surface area contributed by atoms with Gasteiger partial charge in [0.1, 0.15) is 22.2 Å². The van der Waals surface area contributed by atoms with Crippen LogP contribution in [0.3, 0.4) is 0 Å². The van der Waals surface area contributed by atoms with Crippen molar-refractivity contribution in [2.75, 3.05) is 27.8 Å². The molecule has 0 spiro atoms. The number of ether oxygens (including phenoxy) is 2. The van der Waals surface area contributed by atoms with Gasteiger partial charge in [0.15, 0.2) is 5.82 Å². The molecule has 0 atom stereocenters. The molecule has 29 heavy (non-hydrogen) atoms. The molecule has 0 aliphatic carbocycles. The van der Waals surface area contributed by atoms with Crippen LogP contribution < -0.4 is 9.47 Å². The van der Waals surface area contributed by atoms with Gasteiger partial charge in [-0.05, 0) is 24.3 Å². The van der Waals surface area contributed by atoms with Crippen LogP contribution in [0.1, 0.15) is 5.82 Å². The molecular formula is C19H20FN3O5S. The fourth-order valence-corrected chi connectivity index (χ4v) is 3.97. The van der Waals surface area contributed by atoms with Crippen molar-refractivity contribution in [3.8, 4) is 23.0 Å². The predicted octanol–water partition coefficient (Wildman–Crippen LogP) is 2.76. The molecule has 0 N–H and O–H groups in total. The molecule has 0 bridgehead atoms. The summed E-state index contributed by atoms with van der Waals surface area (Å²) in [5, 5.41) is 3.80. The Bertz CT molecular complexity index is 1100. The summed E-state index contributed by atoms with van der Waals surface area (Å²) in [7, 11) is 0.425. The van der Waals surface area contributed by atoms with Gasteiger partial charge in [0.05, 0.1) is 19.8 Å². The van der Waals surface area contributed by atoms with Gasteiger partial charge in [-0.15, -0.1) is 0 Å². The van der Waals surface area contributed by atoms with E-state index in [0.29, 0.717) is 5.75 Å². The van der Waals surface area contributed by atoms with Crippen molar-refractivity contribution in [3.63, 3.8) is 0 Å². The molecule has 1 heterocycles. The lowest BCUT2D eigenvalue weighted by molar-refractivity contribution is 0.387. The maximum atomic E-state index is 13.8. The number of halogens is 1. The van der Waals surface area contributed by atoms with E-state index in [0.717, 1.165) is 4.31 Å². The fourth-order valence-electron chi connectivity index (χ4n) is 2.63. The average Bonchev–Trinajstić information content (AvgIpc) is 3.20. The summed E-state index contributed by atoms with van der Waals surface area (Å²) in [5.74, 6) is 0.429. The van der Waals surface area contributed by atoms with Crippen molar-refractivity contribution in [3.05, 3.63) is 54.1 Å². The van der Waals surface area contributed by atoms with Gasteiger partial charge in [0, 0.05) is 26.1 Å². The first-order chi connectivity index (χ1) is 13.9. The molecule has 0 fully saturated rings. The molecule has 0 amide bonds. The zero-order chi connectivity index (χ0) is 21.0. The molecule has 0 unspecified atom stereocenters. The van der Waals surface area contributed by atoms with Crippen molar-refractivity contribution in [1.29, 1.82) is 0 Å². The highest BCUT2D eigenvalue weighted by atomic mass is 32.2. The fraction of sp³-hybridized carbons (Fsp3) is 0.263. The van der Waals surface area contributed by atoms with Crippen molar-refractivity contribution in [1.82, 2.24) is 14.4 Å². The van der Waals surface area contributed by atoms with E-state index in [1.54, 1.807) is 18.2 Å². The summed E-state index contributed by atoms with van der Waals surface area (Å²) in [6.45, 7) is 0.0823. The van der Waals surface area contributed by atoms with Gasteiger partial charge in [-0.1, -0.05) is 17.3 Å².